The molecule has 0 radical (unpaired) electrons. The first-order valence-corrected chi connectivity index (χ1v) is 7.71. The Morgan fingerprint density at radius 3 is 2.20 bits per heavy atom. The van der Waals surface area contributed by atoms with Crippen molar-refractivity contribution in [3.8, 4) is 0 Å². The van der Waals surface area contributed by atoms with Crippen molar-refractivity contribution in [2.45, 2.75) is 13.0 Å². The molecular weight excluding hydrogens is 321 g/mol. The van der Waals surface area contributed by atoms with E-state index in [9.17, 15) is 4.39 Å². The van der Waals surface area contributed by atoms with E-state index in [0.717, 1.165) is 5.56 Å². The minimum atomic E-state index is -0.315. The highest BCUT2D eigenvalue weighted by Crippen LogP contribution is 2.20. The zero-order chi connectivity index (χ0) is 17.6. The van der Waals surface area contributed by atoms with Crippen LogP contribution in [0.5, 0.6) is 0 Å². The number of rotatable bonds is 6. The number of benzene rings is 2. The fourth-order valence-corrected chi connectivity index (χ4v) is 2.24. The van der Waals surface area contributed by atoms with Crippen molar-refractivity contribution in [2.24, 2.45) is 5.84 Å². The summed E-state index contributed by atoms with van der Waals surface area (Å²) >= 11 is 0. The van der Waals surface area contributed by atoms with Gasteiger partial charge in [0.1, 0.15) is 5.82 Å². The lowest BCUT2D eigenvalue weighted by molar-refractivity contribution is 0.628. The molecule has 7 nitrogen and oxygen atoms in total. The van der Waals surface area contributed by atoms with Gasteiger partial charge in [0.2, 0.25) is 17.8 Å². The smallest absolute Gasteiger partial charge is 0.243 e. The fraction of sp³-hybridized carbons (Fsp3) is 0.118. The molecule has 1 aromatic heterocycles. The van der Waals surface area contributed by atoms with Gasteiger partial charge in [0, 0.05) is 5.69 Å². The second-order valence-corrected chi connectivity index (χ2v) is 5.36. The molecule has 0 unspecified atom stereocenters. The van der Waals surface area contributed by atoms with Crippen molar-refractivity contribution >= 4 is 23.5 Å². The van der Waals surface area contributed by atoms with Gasteiger partial charge in [-0.1, -0.05) is 30.3 Å². The van der Waals surface area contributed by atoms with Crippen molar-refractivity contribution in [2.75, 3.05) is 16.1 Å². The van der Waals surface area contributed by atoms with E-state index >= 15 is 0 Å². The van der Waals surface area contributed by atoms with Crippen molar-refractivity contribution < 1.29 is 4.39 Å². The van der Waals surface area contributed by atoms with Crippen LogP contribution in [0.2, 0.25) is 0 Å². The number of nitrogens with two attached hydrogens (primary N) is 1. The van der Waals surface area contributed by atoms with Gasteiger partial charge < -0.3 is 10.6 Å². The van der Waals surface area contributed by atoms with Gasteiger partial charge in [0.05, 0.1) is 6.04 Å². The molecule has 0 fully saturated rings. The highest BCUT2D eigenvalue weighted by atomic mass is 19.1. The zero-order valence-electron chi connectivity index (χ0n) is 13.6. The van der Waals surface area contributed by atoms with Crippen LogP contribution in [0, 0.1) is 5.82 Å². The summed E-state index contributed by atoms with van der Waals surface area (Å²) in [6, 6.07) is 15.8. The van der Waals surface area contributed by atoms with E-state index in [1.54, 1.807) is 12.1 Å². The van der Waals surface area contributed by atoms with E-state index in [2.05, 4.69) is 31.0 Å². The number of hydrazine groups is 1. The predicted molar refractivity (Wildman–Crippen MR) is 95.8 cm³/mol. The average molecular weight is 339 g/mol. The average Bonchev–Trinajstić information content (AvgIpc) is 2.64. The van der Waals surface area contributed by atoms with Crippen LogP contribution in [0.1, 0.15) is 18.5 Å². The number of nitrogens with zero attached hydrogens (tertiary/aromatic N) is 3. The van der Waals surface area contributed by atoms with Crippen LogP contribution in [0.4, 0.5) is 27.9 Å². The second-order valence-electron chi connectivity index (χ2n) is 5.36. The fourth-order valence-electron chi connectivity index (χ4n) is 2.24. The van der Waals surface area contributed by atoms with E-state index in [1.165, 1.54) is 12.1 Å². The number of nitrogen functional groups attached to an aromatic ring is 1. The van der Waals surface area contributed by atoms with Crippen LogP contribution in [0.3, 0.4) is 0 Å². The van der Waals surface area contributed by atoms with Crippen molar-refractivity contribution in [3.63, 3.8) is 0 Å². The first-order valence-electron chi connectivity index (χ1n) is 7.71. The van der Waals surface area contributed by atoms with Gasteiger partial charge in [-0.05, 0) is 36.8 Å². The van der Waals surface area contributed by atoms with Crippen LogP contribution >= 0.6 is 0 Å². The Hall–Kier alpha value is -3.26. The highest BCUT2D eigenvalue weighted by Gasteiger charge is 2.10. The lowest BCUT2D eigenvalue weighted by Crippen LogP contribution is -2.16. The topological polar surface area (TPSA) is 101 Å². The predicted octanol–water partition coefficient (Wildman–Crippen LogP) is 3.21. The molecular formula is C17H18FN7. The molecule has 0 spiro atoms. The molecule has 1 heterocycles. The minimum absolute atomic E-state index is 0.00658. The van der Waals surface area contributed by atoms with Gasteiger partial charge in [-0.25, -0.2) is 10.2 Å². The maximum atomic E-state index is 13.0. The molecule has 1 atom stereocenters. The molecule has 0 bridgehead atoms. The summed E-state index contributed by atoms with van der Waals surface area (Å²) in [5.41, 5.74) is 4.16. The normalized spacial score (nSPS) is 11.6. The van der Waals surface area contributed by atoms with Crippen LogP contribution in [0.15, 0.2) is 54.6 Å². The Morgan fingerprint density at radius 1 is 0.880 bits per heavy atom. The summed E-state index contributed by atoms with van der Waals surface area (Å²) in [5.74, 6) is 5.98. The number of anilines is 4. The molecule has 0 aliphatic rings. The molecule has 0 saturated carbocycles. The SMILES string of the molecule is C[C@H](Nc1nc(NN)nc(Nc2ccc(F)cc2)n1)c1ccccc1. The van der Waals surface area contributed by atoms with E-state index in [-0.39, 0.29) is 23.8 Å². The molecule has 0 amide bonds. The highest BCUT2D eigenvalue weighted by molar-refractivity contribution is 5.55. The molecule has 5 N–H and O–H groups in total. The molecule has 0 aliphatic carbocycles. The Morgan fingerprint density at radius 2 is 1.52 bits per heavy atom. The first kappa shape index (κ1) is 16.6. The van der Waals surface area contributed by atoms with Crippen LogP contribution < -0.4 is 21.9 Å². The molecule has 8 heteroatoms. The molecule has 128 valence electrons. The van der Waals surface area contributed by atoms with Crippen molar-refractivity contribution in [1.29, 1.82) is 0 Å². The Kier molecular flexibility index (Phi) is 5.00. The molecule has 0 aliphatic heterocycles. The number of nitrogens with one attached hydrogen (secondary N) is 3. The number of aromatic nitrogens is 3. The molecule has 25 heavy (non-hydrogen) atoms. The Labute approximate surface area is 144 Å². The molecule has 3 aromatic rings. The Balaban J connectivity index is 1.81. The second kappa shape index (κ2) is 7.54. The summed E-state index contributed by atoms with van der Waals surface area (Å²) in [6.07, 6.45) is 0. The molecule has 0 saturated heterocycles. The third-order valence-electron chi connectivity index (χ3n) is 3.51. The minimum Gasteiger partial charge on any atom is -0.348 e. The maximum Gasteiger partial charge on any atom is 0.243 e. The Bertz CT molecular complexity index is 824. The molecule has 3 rings (SSSR count). The van der Waals surface area contributed by atoms with Gasteiger partial charge >= 0.3 is 0 Å². The lowest BCUT2D eigenvalue weighted by Gasteiger charge is -2.15. The van der Waals surface area contributed by atoms with Gasteiger partial charge in [-0.2, -0.15) is 15.0 Å². The van der Waals surface area contributed by atoms with Crippen molar-refractivity contribution in [1.82, 2.24) is 15.0 Å². The standard InChI is InChI=1S/C17H18FN7/c1-11(12-5-3-2-4-6-12)20-15-22-16(24-17(23-15)25-19)21-14-9-7-13(18)8-10-14/h2-11H,19H2,1H3,(H3,20,21,22,23,24,25)/t11-/m0/s1. The van der Waals surface area contributed by atoms with Gasteiger partial charge in [0.25, 0.3) is 0 Å². The third-order valence-corrected chi connectivity index (χ3v) is 3.51. The summed E-state index contributed by atoms with van der Waals surface area (Å²) in [6.45, 7) is 2.00. The number of halogens is 1. The number of hydrogen-bond acceptors (Lipinski definition) is 7. The van der Waals surface area contributed by atoms with E-state index in [1.807, 2.05) is 37.3 Å². The summed E-state index contributed by atoms with van der Waals surface area (Å²) in [7, 11) is 0. The van der Waals surface area contributed by atoms with Crippen LogP contribution in [-0.4, -0.2) is 15.0 Å². The maximum absolute atomic E-state index is 13.0. The van der Waals surface area contributed by atoms with Crippen molar-refractivity contribution in [3.05, 3.63) is 66.0 Å². The summed E-state index contributed by atoms with van der Waals surface area (Å²) in [4.78, 5) is 12.7. The van der Waals surface area contributed by atoms with Gasteiger partial charge in [-0.15, -0.1) is 0 Å². The van der Waals surface area contributed by atoms with Crippen LogP contribution in [0.25, 0.3) is 0 Å². The van der Waals surface area contributed by atoms with Gasteiger partial charge in [0.15, 0.2) is 0 Å². The number of hydrogen-bond donors (Lipinski definition) is 4. The van der Waals surface area contributed by atoms with Gasteiger partial charge in [-0.3, -0.25) is 5.43 Å². The molecule has 2 aromatic carbocycles. The quantitative estimate of drug-likeness (QED) is 0.404. The van der Waals surface area contributed by atoms with E-state index in [4.69, 9.17) is 5.84 Å². The summed E-state index contributed by atoms with van der Waals surface area (Å²) in [5, 5.41) is 6.21. The van der Waals surface area contributed by atoms with Crippen LogP contribution in [-0.2, 0) is 0 Å². The summed E-state index contributed by atoms with van der Waals surface area (Å²) < 4.78 is 13.0. The third kappa shape index (κ3) is 4.39. The largest absolute Gasteiger partial charge is 0.348 e. The van der Waals surface area contributed by atoms with E-state index < -0.39 is 0 Å². The lowest BCUT2D eigenvalue weighted by atomic mass is 10.1. The first-order chi connectivity index (χ1) is 12.1. The van der Waals surface area contributed by atoms with E-state index in [0.29, 0.717) is 11.6 Å². The monoisotopic (exact) mass is 339 g/mol. The zero-order valence-corrected chi connectivity index (χ0v) is 13.6.